The summed E-state index contributed by atoms with van der Waals surface area (Å²) in [6.45, 7) is 6.50. The quantitative estimate of drug-likeness (QED) is 0.747. The van der Waals surface area contributed by atoms with Crippen molar-refractivity contribution in [1.82, 2.24) is 24.8 Å². The third kappa shape index (κ3) is 2.61. The number of carbonyl (C=O) groups excluding carboxylic acids is 1. The van der Waals surface area contributed by atoms with Crippen molar-refractivity contribution in [3.8, 4) is 22.8 Å². The fourth-order valence-corrected chi connectivity index (χ4v) is 2.72. The van der Waals surface area contributed by atoms with E-state index in [4.69, 9.17) is 0 Å². The standard InChI is InChI=1S/C16H17N5O2/c1-4-21-18-16(17-19-21)20-8-10(2)15(11(20)3)13-5-12(9-22)6-14(23)7-13/h5-9,23H,4H2,1-3H3. The number of hydrogen-bond acceptors (Lipinski definition) is 5. The number of aldehydes is 1. The van der Waals surface area contributed by atoms with E-state index in [1.54, 1.807) is 12.1 Å². The molecule has 2 heterocycles. The Labute approximate surface area is 133 Å². The summed E-state index contributed by atoms with van der Waals surface area (Å²) in [7, 11) is 0. The van der Waals surface area contributed by atoms with E-state index in [-0.39, 0.29) is 5.75 Å². The van der Waals surface area contributed by atoms with Crippen molar-refractivity contribution < 1.29 is 9.90 Å². The van der Waals surface area contributed by atoms with E-state index in [1.165, 1.54) is 10.9 Å². The average Bonchev–Trinajstić information content (AvgIpc) is 3.11. The predicted molar refractivity (Wildman–Crippen MR) is 84.8 cm³/mol. The largest absolute Gasteiger partial charge is 0.508 e. The molecule has 0 spiro atoms. The number of hydrogen-bond donors (Lipinski definition) is 1. The fraction of sp³-hybridized carbons (Fsp3) is 0.250. The van der Waals surface area contributed by atoms with E-state index in [0.717, 1.165) is 28.7 Å². The SMILES string of the molecule is CCn1nnc(-n2cc(C)c(-c3cc(O)cc(C=O)c3)c2C)n1. The molecule has 23 heavy (non-hydrogen) atoms. The maximum atomic E-state index is 11.0. The summed E-state index contributed by atoms with van der Waals surface area (Å²) in [5.41, 5.74) is 4.07. The van der Waals surface area contributed by atoms with Gasteiger partial charge >= 0.3 is 0 Å². The third-order valence-corrected chi connectivity index (χ3v) is 3.75. The maximum Gasteiger partial charge on any atom is 0.274 e. The molecular formula is C16H17N5O2. The number of aromatic hydroxyl groups is 1. The van der Waals surface area contributed by atoms with Gasteiger partial charge < -0.3 is 5.11 Å². The summed E-state index contributed by atoms with van der Waals surface area (Å²) in [4.78, 5) is 12.5. The van der Waals surface area contributed by atoms with Crippen molar-refractivity contribution in [2.45, 2.75) is 27.3 Å². The molecule has 0 fully saturated rings. The minimum Gasteiger partial charge on any atom is -0.508 e. The lowest BCUT2D eigenvalue weighted by molar-refractivity contribution is 0.112. The summed E-state index contributed by atoms with van der Waals surface area (Å²) in [6.07, 6.45) is 2.64. The van der Waals surface area contributed by atoms with Crippen LogP contribution in [0.5, 0.6) is 5.75 Å². The molecule has 0 saturated heterocycles. The van der Waals surface area contributed by atoms with E-state index in [0.29, 0.717) is 18.1 Å². The molecule has 3 aromatic rings. The zero-order valence-electron chi connectivity index (χ0n) is 13.2. The van der Waals surface area contributed by atoms with Crippen molar-refractivity contribution in [2.75, 3.05) is 0 Å². The van der Waals surface area contributed by atoms with Crippen LogP contribution in [0.4, 0.5) is 0 Å². The van der Waals surface area contributed by atoms with Gasteiger partial charge in [-0.15, -0.1) is 5.10 Å². The third-order valence-electron chi connectivity index (χ3n) is 3.75. The van der Waals surface area contributed by atoms with Crippen LogP contribution in [0.2, 0.25) is 0 Å². The summed E-state index contributed by atoms with van der Waals surface area (Å²) in [5, 5.41) is 22.2. The van der Waals surface area contributed by atoms with Crippen LogP contribution in [0.25, 0.3) is 17.1 Å². The fourth-order valence-electron chi connectivity index (χ4n) is 2.72. The first-order valence-corrected chi connectivity index (χ1v) is 7.29. The molecule has 2 aromatic heterocycles. The minimum atomic E-state index is 0.0613. The molecule has 7 nitrogen and oxygen atoms in total. The van der Waals surface area contributed by atoms with Gasteiger partial charge in [0.25, 0.3) is 5.95 Å². The van der Waals surface area contributed by atoms with Gasteiger partial charge in [0.1, 0.15) is 12.0 Å². The van der Waals surface area contributed by atoms with Gasteiger partial charge in [0.2, 0.25) is 0 Å². The lowest BCUT2D eigenvalue weighted by Crippen LogP contribution is -2.01. The number of phenolic OH excluding ortho intramolecular Hbond substituents is 1. The Morgan fingerprint density at radius 1 is 1.26 bits per heavy atom. The average molecular weight is 311 g/mol. The first-order chi connectivity index (χ1) is 11.0. The van der Waals surface area contributed by atoms with E-state index in [1.807, 2.05) is 31.5 Å². The highest BCUT2D eigenvalue weighted by Crippen LogP contribution is 2.32. The van der Waals surface area contributed by atoms with Crippen LogP contribution in [0.15, 0.2) is 24.4 Å². The second-order valence-electron chi connectivity index (χ2n) is 5.35. The van der Waals surface area contributed by atoms with Gasteiger partial charge in [-0.2, -0.15) is 4.80 Å². The van der Waals surface area contributed by atoms with Gasteiger partial charge in [0.05, 0.1) is 6.54 Å². The molecule has 7 heteroatoms. The molecule has 118 valence electrons. The Kier molecular flexibility index (Phi) is 3.69. The molecule has 1 N–H and O–H groups in total. The van der Waals surface area contributed by atoms with Gasteiger partial charge in [-0.1, -0.05) is 5.10 Å². The molecule has 0 saturated carbocycles. The molecule has 0 aliphatic carbocycles. The molecule has 0 aliphatic rings. The number of nitrogens with zero attached hydrogens (tertiary/aromatic N) is 5. The van der Waals surface area contributed by atoms with Gasteiger partial charge in [0.15, 0.2) is 0 Å². The first kappa shape index (κ1) is 15.0. The van der Waals surface area contributed by atoms with Crippen molar-refractivity contribution >= 4 is 6.29 Å². The Morgan fingerprint density at radius 2 is 2.04 bits per heavy atom. The highest BCUT2D eigenvalue weighted by atomic mass is 16.3. The number of aryl methyl sites for hydroxylation is 2. The number of tetrazole rings is 1. The van der Waals surface area contributed by atoms with E-state index < -0.39 is 0 Å². The van der Waals surface area contributed by atoms with E-state index >= 15 is 0 Å². The van der Waals surface area contributed by atoms with Crippen LogP contribution < -0.4 is 0 Å². The molecule has 0 radical (unpaired) electrons. The zero-order valence-corrected chi connectivity index (χ0v) is 13.2. The zero-order chi connectivity index (χ0) is 16.6. The molecule has 3 rings (SSSR count). The van der Waals surface area contributed by atoms with Gasteiger partial charge in [-0.05, 0) is 55.3 Å². The van der Waals surface area contributed by atoms with Crippen LogP contribution in [0.3, 0.4) is 0 Å². The lowest BCUT2D eigenvalue weighted by Gasteiger charge is -2.06. The van der Waals surface area contributed by atoms with Crippen LogP contribution in [0.1, 0.15) is 28.5 Å². The van der Waals surface area contributed by atoms with Crippen LogP contribution in [-0.4, -0.2) is 36.2 Å². The molecule has 0 bridgehead atoms. The number of rotatable bonds is 4. The molecule has 0 amide bonds. The van der Waals surface area contributed by atoms with Gasteiger partial charge in [-0.25, -0.2) is 0 Å². The van der Waals surface area contributed by atoms with Crippen LogP contribution in [0, 0.1) is 13.8 Å². The minimum absolute atomic E-state index is 0.0613. The summed E-state index contributed by atoms with van der Waals surface area (Å²) in [5.74, 6) is 0.556. The highest BCUT2D eigenvalue weighted by Gasteiger charge is 2.16. The van der Waals surface area contributed by atoms with Crippen LogP contribution >= 0.6 is 0 Å². The molecule has 0 unspecified atom stereocenters. The summed E-state index contributed by atoms with van der Waals surface area (Å²) in [6, 6.07) is 4.83. The Hall–Kier alpha value is -2.96. The van der Waals surface area contributed by atoms with E-state index in [9.17, 15) is 9.90 Å². The number of aromatic nitrogens is 5. The van der Waals surface area contributed by atoms with E-state index in [2.05, 4.69) is 15.4 Å². The second-order valence-corrected chi connectivity index (χ2v) is 5.35. The Bertz CT molecular complexity index is 879. The Balaban J connectivity index is 2.14. The molecule has 0 atom stereocenters. The highest BCUT2D eigenvalue weighted by molar-refractivity contribution is 5.81. The van der Waals surface area contributed by atoms with Gasteiger partial charge in [-0.3, -0.25) is 9.36 Å². The summed E-state index contributed by atoms with van der Waals surface area (Å²) < 4.78 is 1.86. The van der Waals surface area contributed by atoms with Crippen molar-refractivity contribution in [3.63, 3.8) is 0 Å². The smallest absolute Gasteiger partial charge is 0.274 e. The number of carbonyl (C=O) groups is 1. The summed E-state index contributed by atoms with van der Waals surface area (Å²) >= 11 is 0. The van der Waals surface area contributed by atoms with Crippen molar-refractivity contribution in [1.29, 1.82) is 0 Å². The molecule has 0 aliphatic heterocycles. The molecular weight excluding hydrogens is 294 g/mol. The van der Waals surface area contributed by atoms with Crippen molar-refractivity contribution in [2.24, 2.45) is 0 Å². The number of benzene rings is 1. The normalized spacial score (nSPS) is 10.9. The molecule has 1 aromatic carbocycles. The lowest BCUT2D eigenvalue weighted by atomic mass is 10.0. The Morgan fingerprint density at radius 3 is 2.70 bits per heavy atom. The predicted octanol–water partition coefficient (Wildman–Crippen LogP) is 2.29. The second kappa shape index (κ2) is 5.68. The van der Waals surface area contributed by atoms with Crippen molar-refractivity contribution in [3.05, 3.63) is 41.2 Å². The van der Waals surface area contributed by atoms with Crippen LogP contribution in [-0.2, 0) is 6.54 Å². The monoisotopic (exact) mass is 311 g/mol. The maximum absolute atomic E-state index is 11.0. The number of phenols is 1. The first-order valence-electron chi connectivity index (χ1n) is 7.29. The van der Waals surface area contributed by atoms with Gasteiger partial charge in [0, 0.05) is 23.0 Å². The topological polar surface area (TPSA) is 85.8 Å².